The standard InChI is InChI=1S/C48H30BN3/c1-3-15-31(16-4-1)50-41-24-12-8-22-36(41)38-29-46-39(30-45(38)50)47-44(51(46)32-17-5-2-6-18-32)28-27-37-35-21-10-14-26-43(35)52-42-25-13-9-20-34(42)33-19-7-11-23-40(33)49(52)48(37)47/h1-30H. The fraction of sp³-hybridized carbons (Fsp3) is 0. The molecule has 2 aliphatic rings. The molecule has 4 heteroatoms. The van der Waals surface area contributed by atoms with Gasteiger partial charge in [0.05, 0.1) is 22.1 Å². The van der Waals surface area contributed by atoms with Crippen LogP contribution in [0, 0.1) is 0 Å². The zero-order valence-corrected chi connectivity index (χ0v) is 28.2. The predicted molar refractivity (Wildman–Crippen MR) is 220 cm³/mol. The predicted octanol–water partition coefficient (Wildman–Crippen LogP) is 10.8. The number of fused-ring (bicyclic) bond motifs is 18. The Balaban J connectivity index is 1.30. The van der Waals surface area contributed by atoms with Crippen LogP contribution >= 0.6 is 0 Å². The van der Waals surface area contributed by atoms with Gasteiger partial charge in [-0.3, -0.25) is 0 Å². The average Bonchev–Trinajstić information content (AvgIpc) is 3.72. The number of para-hydroxylation sites is 5. The molecule has 0 amide bonds. The summed E-state index contributed by atoms with van der Waals surface area (Å²) in [6, 6.07) is 67.2. The molecule has 0 fully saturated rings. The van der Waals surface area contributed by atoms with Crippen molar-refractivity contribution >= 4 is 72.8 Å². The molecule has 0 spiro atoms. The third-order valence-electron chi connectivity index (χ3n) is 11.5. The van der Waals surface area contributed by atoms with E-state index < -0.39 is 0 Å². The van der Waals surface area contributed by atoms with E-state index in [1.165, 1.54) is 93.9 Å². The van der Waals surface area contributed by atoms with E-state index in [0.29, 0.717) is 0 Å². The molecular weight excluding hydrogens is 629 g/mol. The van der Waals surface area contributed by atoms with Gasteiger partial charge in [-0.05, 0) is 82.7 Å². The van der Waals surface area contributed by atoms with Gasteiger partial charge in [-0.2, -0.15) is 0 Å². The van der Waals surface area contributed by atoms with Gasteiger partial charge in [0.25, 0.3) is 0 Å². The highest BCUT2D eigenvalue weighted by Gasteiger charge is 2.43. The van der Waals surface area contributed by atoms with Gasteiger partial charge in [0.1, 0.15) is 0 Å². The van der Waals surface area contributed by atoms with Crippen LogP contribution in [0.15, 0.2) is 182 Å². The van der Waals surface area contributed by atoms with Crippen LogP contribution in [0.4, 0.5) is 11.4 Å². The smallest absolute Gasteiger partial charge is 0.330 e. The van der Waals surface area contributed by atoms with Gasteiger partial charge in [0.2, 0.25) is 0 Å². The van der Waals surface area contributed by atoms with Crippen molar-refractivity contribution in [1.82, 2.24) is 9.13 Å². The van der Waals surface area contributed by atoms with Crippen molar-refractivity contribution in [3.05, 3.63) is 182 Å². The van der Waals surface area contributed by atoms with E-state index in [2.05, 4.69) is 196 Å². The largest absolute Gasteiger partial charge is 0.376 e. The van der Waals surface area contributed by atoms with Gasteiger partial charge in [0.15, 0.2) is 0 Å². The van der Waals surface area contributed by atoms with E-state index in [1.54, 1.807) is 0 Å². The quantitative estimate of drug-likeness (QED) is 0.168. The minimum Gasteiger partial charge on any atom is -0.376 e. The lowest BCUT2D eigenvalue weighted by molar-refractivity contribution is 1.17. The summed E-state index contributed by atoms with van der Waals surface area (Å²) in [6.45, 7) is -0.00907. The van der Waals surface area contributed by atoms with Crippen molar-refractivity contribution in [1.29, 1.82) is 0 Å². The van der Waals surface area contributed by atoms with Gasteiger partial charge in [-0.15, -0.1) is 0 Å². The van der Waals surface area contributed by atoms with Gasteiger partial charge >= 0.3 is 6.85 Å². The summed E-state index contributed by atoms with van der Waals surface area (Å²) in [5, 5.41) is 5.08. The van der Waals surface area contributed by atoms with Crippen molar-refractivity contribution < 1.29 is 0 Å². The molecule has 0 aliphatic carbocycles. The molecule has 3 nitrogen and oxygen atoms in total. The number of rotatable bonds is 2. The van der Waals surface area contributed by atoms with Crippen LogP contribution in [0.1, 0.15) is 0 Å². The van der Waals surface area contributed by atoms with Crippen LogP contribution in [0.25, 0.3) is 77.2 Å². The molecule has 2 aromatic heterocycles. The molecular formula is C48H30BN3. The summed E-state index contributed by atoms with van der Waals surface area (Å²) in [7, 11) is 0. The van der Waals surface area contributed by atoms with Gasteiger partial charge in [-0.25, -0.2) is 0 Å². The van der Waals surface area contributed by atoms with E-state index in [-0.39, 0.29) is 6.85 Å². The molecule has 10 aromatic rings. The second-order valence-corrected chi connectivity index (χ2v) is 14.1. The minimum absolute atomic E-state index is 0.00907. The van der Waals surface area contributed by atoms with Gasteiger partial charge in [0, 0.05) is 55.4 Å². The molecule has 2 aliphatic heterocycles. The van der Waals surface area contributed by atoms with Crippen LogP contribution in [-0.2, 0) is 0 Å². The molecule has 12 rings (SSSR count). The summed E-state index contributed by atoms with van der Waals surface area (Å²) in [6.07, 6.45) is 0. The van der Waals surface area contributed by atoms with E-state index >= 15 is 0 Å². The molecule has 52 heavy (non-hydrogen) atoms. The number of aromatic nitrogens is 2. The van der Waals surface area contributed by atoms with E-state index in [9.17, 15) is 0 Å². The van der Waals surface area contributed by atoms with Gasteiger partial charge in [-0.1, -0.05) is 121 Å². The van der Waals surface area contributed by atoms with E-state index in [4.69, 9.17) is 0 Å². The van der Waals surface area contributed by atoms with Crippen LogP contribution in [0.2, 0.25) is 0 Å². The number of hydrogen-bond acceptors (Lipinski definition) is 1. The Morgan fingerprint density at radius 2 is 0.885 bits per heavy atom. The lowest BCUT2D eigenvalue weighted by atomic mass is 9.42. The maximum Gasteiger partial charge on any atom is 0.330 e. The Bertz CT molecular complexity index is 3080. The van der Waals surface area contributed by atoms with Crippen molar-refractivity contribution in [3.63, 3.8) is 0 Å². The first-order valence-corrected chi connectivity index (χ1v) is 18.1. The molecule has 0 saturated heterocycles. The Morgan fingerprint density at radius 3 is 1.62 bits per heavy atom. The third kappa shape index (κ3) is 3.60. The first-order chi connectivity index (χ1) is 25.8. The Labute approximate surface area is 301 Å². The Hall–Kier alpha value is -6.78. The molecule has 0 atom stereocenters. The maximum absolute atomic E-state index is 2.61. The summed E-state index contributed by atoms with van der Waals surface area (Å²) in [4.78, 5) is 2.61. The average molecular weight is 660 g/mol. The summed E-state index contributed by atoms with van der Waals surface area (Å²) >= 11 is 0. The van der Waals surface area contributed by atoms with Crippen LogP contribution < -0.4 is 15.7 Å². The molecule has 0 bridgehead atoms. The topological polar surface area (TPSA) is 13.1 Å². The van der Waals surface area contributed by atoms with E-state index in [1.807, 2.05) is 0 Å². The fourth-order valence-electron chi connectivity index (χ4n) is 9.46. The van der Waals surface area contributed by atoms with Crippen molar-refractivity contribution in [2.75, 3.05) is 4.81 Å². The number of nitrogens with zero attached hydrogens (tertiary/aromatic N) is 3. The lowest BCUT2D eigenvalue weighted by Crippen LogP contribution is -2.59. The summed E-state index contributed by atoms with van der Waals surface area (Å²) in [5.41, 5.74) is 17.5. The third-order valence-corrected chi connectivity index (χ3v) is 11.5. The minimum atomic E-state index is -0.00907. The highest BCUT2D eigenvalue weighted by Crippen LogP contribution is 2.48. The molecule has 8 aromatic carbocycles. The normalized spacial score (nSPS) is 12.9. The fourth-order valence-corrected chi connectivity index (χ4v) is 9.46. The molecule has 240 valence electrons. The highest BCUT2D eigenvalue weighted by atomic mass is 15.1. The second kappa shape index (κ2) is 10.4. The number of benzene rings is 8. The van der Waals surface area contributed by atoms with Crippen LogP contribution in [0.5, 0.6) is 0 Å². The molecule has 0 unspecified atom stereocenters. The number of hydrogen-bond donors (Lipinski definition) is 0. The van der Waals surface area contributed by atoms with Crippen molar-refractivity contribution in [3.8, 4) is 33.6 Å². The molecule has 0 saturated carbocycles. The van der Waals surface area contributed by atoms with Crippen LogP contribution in [0.3, 0.4) is 0 Å². The summed E-state index contributed by atoms with van der Waals surface area (Å²) in [5.74, 6) is 0. The zero-order valence-electron chi connectivity index (χ0n) is 28.2. The van der Waals surface area contributed by atoms with Crippen molar-refractivity contribution in [2.24, 2.45) is 0 Å². The maximum atomic E-state index is 2.61. The Morgan fingerprint density at radius 1 is 0.346 bits per heavy atom. The summed E-state index contributed by atoms with van der Waals surface area (Å²) < 4.78 is 4.94. The van der Waals surface area contributed by atoms with Gasteiger partial charge < -0.3 is 13.9 Å². The first kappa shape index (κ1) is 28.0. The SMILES string of the molecule is c1ccc(-n2c3ccccc3c3cc4c(cc32)c2c3c(ccc2n4-c2ccccc2)-c2ccccc2N2B3c3ccccc3-c3ccccc32)cc1. The monoisotopic (exact) mass is 659 g/mol. The van der Waals surface area contributed by atoms with Crippen molar-refractivity contribution in [2.45, 2.75) is 0 Å². The first-order valence-electron chi connectivity index (χ1n) is 18.1. The second-order valence-electron chi connectivity index (χ2n) is 14.1. The molecule has 0 radical (unpaired) electrons. The van der Waals surface area contributed by atoms with Crippen LogP contribution in [-0.4, -0.2) is 16.0 Å². The Kier molecular flexibility index (Phi) is 5.58. The molecule has 0 N–H and O–H groups in total. The zero-order chi connectivity index (χ0) is 33.9. The van der Waals surface area contributed by atoms with E-state index in [0.717, 1.165) is 5.69 Å². The lowest BCUT2D eigenvalue weighted by Gasteiger charge is -2.43. The highest BCUT2D eigenvalue weighted by molar-refractivity contribution is 6.94. The number of anilines is 2. The molecule has 4 heterocycles.